The Kier molecular flexibility index (Phi) is 3.85. The number of aromatic nitrogens is 3. The van der Waals surface area contributed by atoms with E-state index >= 15 is 0 Å². The van der Waals surface area contributed by atoms with Crippen molar-refractivity contribution in [2.24, 2.45) is 0 Å². The van der Waals surface area contributed by atoms with Gasteiger partial charge in [-0.1, -0.05) is 13.3 Å². The van der Waals surface area contributed by atoms with E-state index in [2.05, 4.69) is 30.9 Å². The van der Waals surface area contributed by atoms with Gasteiger partial charge in [-0.05, 0) is 27.2 Å². The van der Waals surface area contributed by atoms with Crippen LogP contribution in [-0.4, -0.2) is 25.5 Å². The summed E-state index contributed by atoms with van der Waals surface area (Å²) in [6.07, 6.45) is 3.89. The third-order valence-electron chi connectivity index (χ3n) is 2.46. The Balaban J connectivity index is 2.75. The summed E-state index contributed by atoms with van der Waals surface area (Å²) in [6, 6.07) is 0.292. The molecule has 1 rings (SSSR count). The molecular formula is C11H21N3O. The molecule has 86 valence electrons. The van der Waals surface area contributed by atoms with Gasteiger partial charge in [-0.25, -0.2) is 9.67 Å². The summed E-state index contributed by atoms with van der Waals surface area (Å²) in [7, 11) is 0. The Labute approximate surface area is 91.3 Å². The molecule has 0 bridgehead atoms. The second-order valence-electron chi connectivity index (χ2n) is 4.64. The summed E-state index contributed by atoms with van der Waals surface area (Å²) in [5.74, 6) is 0.864. The Morgan fingerprint density at radius 2 is 2.20 bits per heavy atom. The van der Waals surface area contributed by atoms with Crippen molar-refractivity contribution in [1.29, 1.82) is 0 Å². The van der Waals surface area contributed by atoms with Gasteiger partial charge in [0, 0.05) is 12.5 Å². The first-order chi connectivity index (χ1) is 6.96. The van der Waals surface area contributed by atoms with E-state index in [0.717, 1.165) is 18.7 Å². The maximum atomic E-state index is 10.1. The van der Waals surface area contributed by atoms with Crippen molar-refractivity contribution in [2.45, 2.75) is 58.6 Å². The van der Waals surface area contributed by atoms with E-state index in [9.17, 15) is 5.11 Å². The van der Waals surface area contributed by atoms with Crippen molar-refractivity contribution in [3.63, 3.8) is 0 Å². The monoisotopic (exact) mass is 211 g/mol. The van der Waals surface area contributed by atoms with Crippen LogP contribution in [0, 0.1) is 0 Å². The fraction of sp³-hybridized carbons (Fsp3) is 0.818. The van der Waals surface area contributed by atoms with Crippen molar-refractivity contribution in [3.8, 4) is 0 Å². The topological polar surface area (TPSA) is 50.9 Å². The summed E-state index contributed by atoms with van der Waals surface area (Å²) in [5.41, 5.74) is -0.672. The third-order valence-corrected chi connectivity index (χ3v) is 2.46. The Hall–Kier alpha value is -0.900. The fourth-order valence-electron chi connectivity index (χ4n) is 1.80. The van der Waals surface area contributed by atoms with E-state index in [1.54, 1.807) is 6.33 Å². The first-order valence-corrected chi connectivity index (χ1v) is 5.57. The van der Waals surface area contributed by atoms with Crippen LogP contribution in [0.4, 0.5) is 0 Å². The van der Waals surface area contributed by atoms with Gasteiger partial charge < -0.3 is 5.11 Å². The Morgan fingerprint density at radius 3 is 2.73 bits per heavy atom. The highest BCUT2D eigenvalue weighted by Gasteiger charge is 2.23. The number of aliphatic hydroxyl groups is 1. The maximum Gasteiger partial charge on any atom is 0.138 e. The smallest absolute Gasteiger partial charge is 0.138 e. The fourth-order valence-corrected chi connectivity index (χ4v) is 1.80. The molecule has 0 fully saturated rings. The van der Waals surface area contributed by atoms with Gasteiger partial charge in [0.2, 0.25) is 0 Å². The summed E-state index contributed by atoms with van der Waals surface area (Å²) in [6.45, 7) is 8.05. The normalized spacial score (nSPS) is 15.6. The average Bonchev–Trinajstić information content (AvgIpc) is 2.50. The van der Waals surface area contributed by atoms with E-state index in [1.165, 1.54) is 0 Å². The zero-order chi connectivity index (χ0) is 11.5. The van der Waals surface area contributed by atoms with E-state index in [1.807, 2.05) is 11.6 Å². The van der Waals surface area contributed by atoms with Crippen LogP contribution in [0.25, 0.3) is 0 Å². The van der Waals surface area contributed by atoms with Crippen molar-refractivity contribution in [2.75, 3.05) is 0 Å². The lowest BCUT2D eigenvalue weighted by atomic mass is 9.96. The van der Waals surface area contributed by atoms with E-state index in [-0.39, 0.29) is 0 Å². The molecule has 0 saturated heterocycles. The molecule has 0 aliphatic heterocycles. The summed E-state index contributed by atoms with van der Waals surface area (Å²) in [5, 5.41) is 14.3. The second-order valence-corrected chi connectivity index (χ2v) is 4.64. The number of rotatable bonds is 5. The van der Waals surface area contributed by atoms with Gasteiger partial charge in [0.05, 0.1) is 5.60 Å². The van der Waals surface area contributed by atoms with Crippen molar-refractivity contribution in [1.82, 2.24) is 14.8 Å². The maximum absolute atomic E-state index is 10.1. The zero-order valence-electron chi connectivity index (χ0n) is 10.1. The van der Waals surface area contributed by atoms with Crippen molar-refractivity contribution >= 4 is 0 Å². The number of nitrogens with zero attached hydrogens (tertiary/aromatic N) is 3. The van der Waals surface area contributed by atoms with Crippen LogP contribution in [0.15, 0.2) is 6.33 Å². The quantitative estimate of drug-likeness (QED) is 0.810. The van der Waals surface area contributed by atoms with Gasteiger partial charge in [0.15, 0.2) is 0 Å². The highest BCUT2D eigenvalue weighted by atomic mass is 16.3. The summed E-state index contributed by atoms with van der Waals surface area (Å²) in [4.78, 5) is 4.20. The molecule has 1 N–H and O–H groups in total. The Bertz CT molecular complexity index is 305. The molecule has 1 unspecified atom stereocenters. The van der Waals surface area contributed by atoms with Crippen LogP contribution < -0.4 is 0 Å². The molecule has 0 radical (unpaired) electrons. The molecule has 1 heterocycles. The molecule has 1 aromatic rings. The third kappa shape index (κ3) is 3.30. The van der Waals surface area contributed by atoms with Crippen LogP contribution >= 0.6 is 0 Å². The van der Waals surface area contributed by atoms with Gasteiger partial charge in [-0.2, -0.15) is 5.10 Å². The highest BCUT2D eigenvalue weighted by Crippen LogP contribution is 2.18. The molecule has 0 spiro atoms. The molecule has 1 aromatic heterocycles. The van der Waals surface area contributed by atoms with Gasteiger partial charge in [0.1, 0.15) is 12.2 Å². The lowest BCUT2D eigenvalue weighted by Crippen LogP contribution is -2.29. The van der Waals surface area contributed by atoms with Crippen molar-refractivity contribution in [3.05, 3.63) is 12.2 Å². The highest BCUT2D eigenvalue weighted by molar-refractivity contribution is 4.93. The van der Waals surface area contributed by atoms with E-state index in [0.29, 0.717) is 12.5 Å². The number of hydrogen-bond acceptors (Lipinski definition) is 3. The van der Waals surface area contributed by atoms with Gasteiger partial charge in [0.25, 0.3) is 0 Å². The molecule has 15 heavy (non-hydrogen) atoms. The SMILES string of the molecule is CCCC(C)(O)Cc1ncnn1C(C)C. The molecule has 0 aliphatic rings. The second kappa shape index (κ2) is 4.75. The predicted octanol–water partition coefficient (Wildman–Crippen LogP) is 1.95. The van der Waals surface area contributed by atoms with Gasteiger partial charge in [-0.15, -0.1) is 0 Å². The van der Waals surface area contributed by atoms with E-state index in [4.69, 9.17) is 0 Å². The first-order valence-electron chi connectivity index (χ1n) is 5.57. The van der Waals surface area contributed by atoms with Crippen LogP contribution in [0.3, 0.4) is 0 Å². The van der Waals surface area contributed by atoms with Crippen LogP contribution in [0.1, 0.15) is 52.4 Å². The molecule has 0 amide bonds. The standard InChI is InChI=1S/C11H21N3O/c1-5-6-11(4,15)7-10-12-8-13-14(10)9(2)3/h8-9,15H,5-7H2,1-4H3. The summed E-state index contributed by atoms with van der Waals surface area (Å²) >= 11 is 0. The molecule has 0 saturated carbocycles. The van der Waals surface area contributed by atoms with Crippen LogP contribution in [0.5, 0.6) is 0 Å². The zero-order valence-corrected chi connectivity index (χ0v) is 10.1. The predicted molar refractivity (Wildman–Crippen MR) is 59.6 cm³/mol. The van der Waals surface area contributed by atoms with Crippen LogP contribution in [-0.2, 0) is 6.42 Å². The lowest BCUT2D eigenvalue weighted by Gasteiger charge is -2.22. The molecule has 4 heteroatoms. The first kappa shape index (κ1) is 12.2. The minimum Gasteiger partial charge on any atom is -0.390 e. The van der Waals surface area contributed by atoms with Gasteiger partial charge in [-0.3, -0.25) is 0 Å². The van der Waals surface area contributed by atoms with Crippen molar-refractivity contribution < 1.29 is 5.11 Å². The van der Waals surface area contributed by atoms with Gasteiger partial charge >= 0.3 is 0 Å². The molecule has 4 nitrogen and oxygen atoms in total. The molecule has 0 aromatic carbocycles. The Morgan fingerprint density at radius 1 is 1.53 bits per heavy atom. The molecule has 0 aliphatic carbocycles. The van der Waals surface area contributed by atoms with Crippen LogP contribution in [0.2, 0.25) is 0 Å². The molecular weight excluding hydrogens is 190 g/mol. The summed E-state index contributed by atoms with van der Waals surface area (Å²) < 4.78 is 1.87. The largest absolute Gasteiger partial charge is 0.390 e. The molecule has 1 atom stereocenters. The minimum atomic E-state index is -0.672. The minimum absolute atomic E-state index is 0.292. The number of hydrogen-bond donors (Lipinski definition) is 1. The lowest BCUT2D eigenvalue weighted by molar-refractivity contribution is 0.0471. The average molecular weight is 211 g/mol. The van der Waals surface area contributed by atoms with E-state index < -0.39 is 5.60 Å².